The molecular formula is C23H17BrClFN4O2. The number of nitrogens with two attached hydrogens (primary N) is 1. The summed E-state index contributed by atoms with van der Waals surface area (Å²) in [5.74, 6) is 0.353. The van der Waals surface area contributed by atoms with Crippen LogP contribution in [0.5, 0.6) is 5.75 Å². The number of hydrogen-bond acceptors (Lipinski definition) is 4. The van der Waals surface area contributed by atoms with Crippen LogP contribution in [-0.2, 0) is 6.54 Å². The lowest BCUT2D eigenvalue weighted by atomic mass is 9.96. The van der Waals surface area contributed by atoms with Crippen LogP contribution in [0.15, 0.2) is 53.0 Å². The summed E-state index contributed by atoms with van der Waals surface area (Å²) >= 11 is 10.1. The molecule has 0 fully saturated rings. The van der Waals surface area contributed by atoms with Crippen LogP contribution in [0.4, 0.5) is 10.2 Å². The van der Waals surface area contributed by atoms with Crippen LogP contribution in [-0.4, -0.2) is 28.1 Å². The third-order valence-corrected chi connectivity index (χ3v) is 6.71. The van der Waals surface area contributed by atoms with E-state index in [1.165, 1.54) is 18.2 Å². The number of rotatable bonds is 4. The van der Waals surface area contributed by atoms with E-state index in [1.807, 2.05) is 30.3 Å². The van der Waals surface area contributed by atoms with Gasteiger partial charge in [0.1, 0.15) is 11.6 Å². The van der Waals surface area contributed by atoms with Gasteiger partial charge in [0.25, 0.3) is 5.91 Å². The molecule has 1 aliphatic rings. The maximum Gasteiger partial charge on any atom is 0.257 e. The molecule has 5 rings (SSSR count). The van der Waals surface area contributed by atoms with Gasteiger partial charge < -0.3 is 15.4 Å². The normalized spacial score (nSPS) is 15.4. The van der Waals surface area contributed by atoms with Crippen molar-refractivity contribution in [3.63, 3.8) is 0 Å². The number of methoxy groups -OCH3 is 1. The van der Waals surface area contributed by atoms with Crippen molar-refractivity contribution in [1.82, 2.24) is 15.1 Å². The Kier molecular flexibility index (Phi) is 5.06. The molecule has 32 heavy (non-hydrogen) atoms. The Morgan fingerprint density at radius 1 is 1.25 bits per heavy atom. The summed E-state index contributed by atoms with van der Waals surface area (Å²) < 4.78 is 20.1. The second-order valence-electron chi connectivity index (χ2n) is 7.53. The number of H-pyrrole nitrogens is 1. The first kappa shape index (κ1) is 20.8. The van der Waals surface area contributed by atoms with E-state index in [1.54, 1.807) is 12.0 Å². The highest BCUT2D eigenvalue weighted by molar-refractivity contribution is 9.10. The molecule has 1 aliphatic heterocycles. The van der Waals surface area contributed by atoms with Crippen LogP contribution in [0.25, 0.3) is 10.9 Å². The van der Waals surface area contributed by atoms with Gasteiger partial charge in [0, 0.05) is 32.6 Å². The van der Waals surface area contributed by atoms with Crippen molar-refractivity contribution < 1.29 is 13.9 Å². The minimum atomic E-state index is -0.605. The smallest absolute Gasteiger partial charge is 0.257 e. The summed E-state index contributed by atoms with van der Waals surface area (Å²) in [4.78, 5) is 15.4. The molecule has 0 spiro atoms. The molecule has 0 aliphatic carbocycles. The average molecular weight is 516 g/mol. The summed E-state index contributed by atoms with van der Waals surface area (Å²) in [7, 11) is 1.59. The lowest BCUT2D eigenvalue weighted by Gasteiger charge is -2.27. The van der Waals surface area contributed by atoms with E-state index >= 15 is 0 Å². The third kappa shape index (κ3) is 3.22. The van der Waals surface area contributed by atoms with E-state index in [4.69, 9.17) is 22.1 Å². The molecule has 162 valence electrons. The number of carbonyl (C=O) groups is 1. The highest BCUT2D eigenvalue weighted by atomic mass is 79.9. The lowest BCUT2D eigenvalue weighted by molar-refractivity contribution is 0.0737. The Bertz CT molecular complexity index is 1370. The highest BCUT2D eigenvalue weighted by Crippen LogP contribution is 2.48. The minimum Gasteiger partial charge on any atom is -0.497 e. The van der Waals surface area contributed by atoms with Crippen molar-refractivity contribution in [3.8, 4) is 5.75 Å². The van der Waals surface area contributed by atoms with Gasteiger partial charge in [0.05, 0.1) is 24.2 Å². The molecule has 0 radical (unpaired) electrons. The van der Waals surface area contributed by atoms with E-state index < -0.39 is 11.9 Å². The molecule has 1 unspecified atom stereocenters. The fraction of sp³-hybridized carbons (Fsp3) is 0.130. The molecule has 9 heteroatoms. The predicted molar refractivity (Wildman–Crippen MR) is 124 cm³/mol. The van der Waals surface area contributed by atoms with Crippen molar-refractivity contribution in [2.75, 3.05) is 12.8 Å². The molecule has 3 aromatic carbocycles. The zero-order valence-corrected chi connectivity index (χ0v) is 19.2. The largest absolute Gasteiger partial charge is 0.497 e. The Morgan fingerprint density at radius 2 is 2.00 bits per heavy atom. The summed E-state index contributed by atoms with van der Waals surface area (Å²) in [6.07, 6.45) is 0. The van der Waals surface area contributed by atoms with Crippen LogP contribution < -0.4 is 10.5 Å². The molecule has 6 nitrogen and oxygen atoms in total. The number of aromatic nitrogens is 2. The van der Waals surface area contributed by atoms with Crippen molar-refractivity contribution in [2.45, 2.75) is 12.6 Å². The Balaban J connectivity index is 1.72. The van der Waals surface area contributed by atoms with Gasteiger partial charge in [-0.1, -0.05) is 39.7 Å². The number of carbonyl (C=O) groups excluding carboxylic acids is 1. The molecule has 3 N–H and O–H groups in total. The maximum atomic E-state index is 14.2. The van der Waals surface area contributed by atoms with E-state index in [9.17, 15) is 9.18 Å². The van der Waals surface area contributed by atoms with Gasteiger partial charge in [-0.25, -0.2) is 4.39 Å². The maximum absolute atomic E-state index is 14.2. The summed E-state index contributed by atoms with van der Waals surface area (Å²) in [6.45, 7) is 0.284. The number of nitrogens with zero attached hydrogens (tertiary/aromatic N) is 2. The van der Waals surface area contributed by atoms with Crippen molar-refractivity contribution in [1.29, 1.82) is 0 Å². The van der Waals surface area contributed by atoms with Crippen molar-refractivity contribution in [2.24, 2.45) is 0 Å². The number of anilines is 1. The van der Waals surface area contributed by atoms with Crippen molar-refractivity contribution >= 4 is 50.2 Å². The van der Waals surface area contributed by atoms with Gasteiger partial charge in [-0.3, -0.25) is 9.89 Å². The fourth-order valence-electron chi connectivity index (χ4n) is 4.20. The Hall–Kier alpha value is -3.10. The molecule has 0 saturated carbocycles. The third-order valence-electron chi connectivity index (χ3n) is 5.71. The highest BCUT2D eigenvalue weighted by Gasteiger charge is 2.42. The monoisotopic (exact) mass is 514 g/mol. The SMILES string of the molecule is COc1ccc(CN2C(=O)c3c(c(Br)cc4c(N)n[nH]c34)C2c2cc(F)ccc2Cl)cc1. The van der Waals surface area contributed by atoms with Gasteiger partial charge in [-0.05, 0) is 42.0 Å². The number of halogens is 3. The first-order valence-electron chi connectivity index (χ1n) is 9.74. The summed E-state index contributed by atoms with van der Waals surface area (Å²) in [5.41, 5.74) is 9.05. The average Bonchev–Trinajstić information content (AvgIpc) is 3.29. The number of hydrogen-bond donors (Lipinski definition) is 2. The van der Waals surface area contributed by atoms with E-state index in [2.05, 4.69) is 26.1 Å². The van der Waals surface area contributed by atoms with Crippen molar-refractivity contribution in [3.05, 3.63) is 86.1 Å². The topological polar surface area (TPSA) is 84.2 Å². The fourth-order valence-corrected chi connectivity index (χ4v) is 5.07. The molecule has 0 saturated heterocycles. The van der Waals surface area contributed by atoms with E-state index in [-0.39, 0.29) is 12.5 Å². The predicted octanol–water partition coefficient (Wildman–Crippen LogP) is 5.45. The zero-order chi connectivity index (χ0) is 22.6. The second kappa shape index (κ2) is 7.79. The molecule has 0 bridgehead atoms. The van der Waals surface area contributed by atoms with Crippen LogP contribution in [0.1, 0.15) is 33.1 Å². The number of fused-ring (bicyclic) bond motifs is 3. The summed E-state index contributed by atoms with van der Waals surface area (Å²) in [6, 6.07) is 12.8. The van der Waals surface area contributed by atoms with Crippen LogP contribution in [0, 0.1) is 5.82 Å². The minimum absolute atomic E-state index is 0.226. The quantitative estimate of drug-likeness (QED) is 0.378. The van der Waals surface area contributed by atoms with Gasteiger partial charge >= 0.3 is 0 Å². The molecular weight excluding hydrogens is 499 g/mol. The van der Waals surface area contributed by atoms with E-state index in [0.29, 0.717) is 48.7 Å². The second-order valence-corrected chi connectivity index (χ2v) is 8.79. The van der Waals surface area contributed by atoms with E-state index in [0.717, 1.165) is 5.56 Å². The van der Waals surface area contributed by atoms with Gasteiger partial charge in [-0.2, -0.15) is 5.10 Å². The molecule has 1 atom stereocenters. The number of nitrogens with one attached hydrogen (secondary N) is 1. The molecule has 1 aromatic heterocycles. The molecule has 4 aromatic rings. The summed E-state index contributed by atoms with van der Waals surface area (Å²) in [5, 5.41) is 7.95. The number of amides is 1. The van der Waals surface area contributed by atoms with Gasteiger partial charge in [0.2, 0.25) is 0 Å². The van der Waals surface area contributed by atoms with Gasteiger partial charge in [-0.15, -0.1) is 0 Å². The Labute approximate surface area is 196 Å². The number of benzene rings is 3. The first-order chi connectivity index (χ1) is 15.4. The van der Waals surface area contributed by atoms with Gasteiger partial charge in [0.15, 0.2) is 5.82 Å². The van der Waals surface area contributed by atoms with Crippen LogP contribution >= 0.6 is 27.5 Å². The zero-order valence-electron chi connectivity index (χ0n) is 16.8. The number of nitrogen functional groups attached to an aromatic ring is 1. The standard InChI is InChI=1S/C23H17BrClFN4O2/c1-32-13-5-2-11(3-6-13)10-30-21(14-8-12(26)4-7-17(14)25)18-16(24)9-15-20(19(18)23(30)31)28-29-22(15)27/h2-9,21H,10H2,1H3,(H3,27,28,29). The number of ether oxygens (including phenoxy) is 1. The number of aromatic amines is 1. The lowest BCUT2D eigenvalue weighted by Crippen LogP contribution is -2.28. The first-order valence-corrected chi connectivity index (χ1v) is 10.9. The molecule has 1 amide bonds. The van der Waals surface area contributed by atoms with Crippen LogP contribution in [0.3, 0.4) is 0 Å². The molecule has 2 heterocycles. The Morgan fingerprint density at radius 3 is 2.72 bits per heavy atom. The van der Waals surface area contributed by atoms with Crippen LogP contribution in [0.2, 0.25) is 5.02 Å².